The molecule has 12 amide bonds. The van der Waals surface area contributed by atoms with E-state index in [4.69, 9.17) is 47.3 Å². The Morgan fingerprint density at radius 1 is 0.680 bits per heavy atom. The van der Waals surface area contributed by atoms with Crippen molar-refractivity contribution in [3.05, 3.63) is 111 Å². The summed E-state index contributed by atoms with van der Waals surface area (Å²) < 4.78 is 22.0. The van der Waals surface area contributed by atoms with Crippen molar-refractivity contribution in [2.24, 2.45) is 22.9 Å². The first-order chi connectivity index (χ1) is 49.1. The summed E-state index contributed by atoms with van der Waals surface area (Å²) in [7, 11) is 8.33. The van der Waals surface area contributed by atoms with Crippen LogP contribution in [0.25, 0.3) is 11.1 Å². The number of methoxy groups -OCH3 is 4. The van der Waals surface area contributed by atoms with Crippen LogP contribution in [0.5, 0.6) is 28.7 Å². The molecule has 0 bridgehead atoms. The maximum absolute atomic E-state index is 14.6. The molecule has 7 rings (SSSR count). The highest BCUT2D eigenvalue weighted by atomic mass is 33.1. The third-order valence-corrected chi connectivity index (χ3v) is 19.0. The average molecular weight is 1470 g/mol. The van der Waals surface area contributed by atoms with E-state index in [1.54, 1.807) is 69.9 Å². The molecule has 3 aliphatic rings. The highest BCUT2D eigenvalue weighted by molar-refractivity contribution is 8.76. The fourth-order valence-electron chi connectivity index (χ4n) is 11.7. The lowest BCUT2D eigenvalue weighted by Gasteiger charge is -2.31. The third kappa shape index (κ3) is 24.5. The van der Waals surface area contributed by atoms with E-state index in [1.807, 2.05) is 12.1 Å². The number of aryl methyl sites for hydroxylation is 1. The molecular weight excluding hydrogens is 1380 g/mol. The molecule has 4 aromatic carbocycles. The zero-order valence-corrected chi connectivity index (χ0v) is 59.2. The molecule has 0 unspecified atom stereocenters. The van der Waals surface area contributed by atoms with E-state index >= 15 is 0 Å². The number of nitrogens with zero attached hydrogens (tertiary/aromatic N) is 1. The van der Waals surface area contributed by atoms with Crippen LogP contribution in [0, 0.1) is 5.41 Å². The summed E-state index contributed by atoms with van der Waals surface area (Å²) >= 11 is 0. The molecule has 0 spiro atoms. The topological polar surface area (TPSA) is 518 Å². The molecule has 0 saturated carbocycles. The van der Waals surface area contributed by atoms with Gasteiger partial charge in [-0.05, 0) is 103 Å². The van der Waals surface area contributed by atoms with Crippen molar-refractivity contribution in [2.45, 2.75) is 132 Å². The number of carbonyl (C=O) groups is 12. The summed E-state index contributed by atoms with van der Waals surface area (Å²) in [6.45, 7) is 1.12. The largest absolute Gasteiger partial charge is 0.508 e. The van der Waals surface area contributed by atoms with E-state index in [9.17, 15) is 67.4 Å². The van der Waals surface area contributed by atoms with Crippen LogP contribution >= 0.6 is 21.6 Å². The van der Waals surface area contributed by atoms with Gasteiger partial charge in [0.25, 0.3) is 0 Å². The molecule has 103 heavy (non-hydrogen) atoms. The van der Waals surface area contributed by atoms with Crippen LogP contribution in [0.3, 0.4) is 0 Å². The normalized spacial score (nSPS) is 19.8. The van der Waals surface area contributed by atoms with Gasteiger partial charge in [0.2, 0.25) is 82.1 Å². The summed E-state index contributed by atoms with van der Waals surface area (Å²) in [5.74, 6) is -8.29. The number of fused-ring (bicyclic) bond motifs is 3. The van der Waals surface area contributed by atoms with Gasteiger partial charge in [-0.1, -0.05) is 70.1 Å². The van der Waals surface area contributed by atoms with Crippen LogP contribution in [0.1, 0.15) is 93.0 Å². The number of phenolic OH excluding ortho intramolecular Hbond substituents is 1. The predicted molar refractivity (Wildman–Crippen MR) is 381 cm³/mol. The van der Waals surface area contributed by atoms with E-state index in [-0.39, 0.29) is 98.0 Å². The minimum absolute atomic E-state index is 0.0163. The highest BCUT2D eigenvalue weighted by Gasteiger charge is 2.41. The fourth-order valence-corrected chi connectivity index (χ4v) is 13.8. The summed E-state index contributed by atoms with van der Waals surface area (Å²) in [6.07, 6.45) is -0.0599. The second-order valence-corrected chi connectivity index (χ2v) is 26.8. The van der Waals surface area contributed by atoms with Gasteiger partial charge in [-0.25, -0.2) is 0 Å². The summed E-state index contributed by atoms with van der Waals surface area (Å²) in [6, 6.07) is 11.1. The van der Waals surface area contributed by atoms with Crippen LogP contribution in [0.15, 0.2) is 83.7 Å². The number of nitrogens with one attached hydrogen (secondary N) is 10. The first kappa shape index (κ1) is 81.1. The van der Waals surface area contributed by atoms with Gasteiger partial charge in [0.15, 0.2) is 23.2 Å². The van der Waals surface area contributed by atoms with Gasteiger partial charge in [0.1, 0.15) is 48.0 Å². The number of aromatic hydroxyl groups is 1. The van der Waals surface area contributed by atoms with Crippen molar-refractivity contribution in [3.8, 4) is 39.9 Å². The van der Waals surface area contributed by atoms with Gasteiger partial charge in [0.05, 0.1) is 47.4 Å². The molecule has 1 aliphatic carbocycles. The lowest BCUT2D eigenvalue weighted by molar-refractivity contribution is -0.142. The zero-order valence-electron chi connectivity index (χ0n) is 57.6. The van der Waals surface area contributed by atoms with Gasteiger partial charge >= 0.3 is 0 Å². The lowest BCUT2D eigenvalue weighted by Crippen LogP contribution is -2.61. The van der Waals surface area contributed by atoms with E-state index in [0.29, 0.717) is 53.2 Å². The number of primary amides is 3. The van der Waals surface area contributed by atoms with Gasteiger partial charge in [-0.2, -0.15) is 0 Å². The van der Waals surface area contributed by atoms with Crippen LogP contribution in [-0.4, -0.2) is 189 Å². The minimum atomic E-state index is -1.77. The number of ether oxygens (including phenoxy) is 4. The zero-order chi connectivity index (χ0) is 75.4. The Bertz CT molecular complexity index is 3820. The second-order valence-electron chi connectivity index (χ2n) is 24.1. The molecule has 35 heteroatoms. The Morgan fingerprint density at radius 2 is 1.31 bits per heavy atom. The lowest BCUT2D eigenvalue weighted by atomic mass is 9.95. The minimum Gasteiger partial charge on any atom is -0.508 e. The van der Waals surface area contributed by atoms with E-state index in [2.05, 4.69) is 47.9 Å². The van der Waals surface area contributed by atoms with Crippen LogP contribution in [-0.2, 0) is 76.8 Å². The Hall–Kier alpha value is -10.8. The molecule has 0 aromatic heterocycles. The maximum Gasteiger partial charge on any atom is 0.246 e. The molecule has 19 N–H and O–H groups in total. The summed E-state index contributed by atoms with van der Waals surface area (Å²) in [5, 5.41) is 40.7. The van der Waals surface area contributed by atoms with Crippen molar-refractivity contribution in [2.75, 3.05) is 59.6 Å². The van der Waals surface area contributed by atoms with Crippen molar-refractivity contribution in [1.82, 2.24) is 52.8 Å². The SMILES string of the molecule is COc1cc2c(c(OC)c1OC)-c1ccc(OC)c(=O)cc1[C@@H](NC(C)=O)CC2.N=C(N)NCCC[C@H](NC(=O)[C@@H]1CCCN1C(=O)[C@@H]1CSSCCC(=O)N[C@@H](Cc2ccc(O)cc2)C(=O)N[C@@H](Cc2ccccc2)C(=O)N[C@@H](CCC(N)=O)C(=O)N[C@@H](CC(N)=O)C(=O)N1)C(=O)NCC(N)=O. The number of carbonyl (C=O) groups excluding carboxylic acids is 12. The van der Waals surface area contributed by atoms with E-state index in [0.717, 1.165) is 38.3 Å². The Labute approximate surface area is 601 Å². The number of nitrogens with two attached hydrogens (primary N) is 4. The van der Waals surface area contributed by atoms with Gasteiger partial charge in [0, 0.05) is 62.8 Å². The number of phenols is 1. The number of amides is 12. The molecule has 2 saturated heterocycles. The monoisotopic (exact) mass is 1470 g/mol. The third-order valence-electron chi connectivity index (χ3n) is 16.6. The first-order valence-electron chi connectivity index (χ1n) is 32.8. The van der Waals surface area contributed by atoms with Crippen LogP contribution in [0.2, 0.25) is 0 Å². The number of guanidine groups is 1. The fraction of sp³-hybridized carbons (Fsp3) is 0.441. The van der Waals surface area contributed by atoms with Gasteiger partial charge in [-0.15, -0.1) is 0 Å². The first-order valence-corrected chi connectivity index (χ1v) is 35.3. The summed E-state index contributed by atoms with van der Waals surface area (Å²) in [5.41, 5.74) is 25.7. The van der Waals surface area contributed by atoms with Gasteiger partial charge < -0.3 is 99.7 Å². The van der Waals surface area contributed by atoms with Crippen LogP contribution < -0.4 is 95.2 Å². The smallest absolute Gasteiger partial charge is 0.246 e. The van der Waals surface area contributed by atoms with E-state index < -0.39 is 133 Å². The van der Waals surface area contributed by atoms with Gasteiger partial charge in [-0.3, -0.25) is 67.7 Å². The number of hydrogen-bond acceptors (Lipinski definition) is 21. The molecule has 2 aliphatic heterocycles. The van der Waals surface area contributed by atoms with E-state index in [1.165, 1.54) is 37.1 Å². The van der Waals surface area contributed by atoms with Crippen LogP contribution in [0.4, 0.5) is 0 Å². The number of benzene rings is 3. The molecule has 33 nitrogen and oxygen atoms in total. The van der Waals surface area contributed by atoms with Crippen molar-refractivity contribution < 1.29 is 81.6 Å². The number of likely N-dealkylation sites (tertiary alicyclic amines) is 1. The standard InChI is InChI=1S/C46H64N14O12S2.C22H25NO6/c47-35(62)15-14-29-40(67)58-32(22-36(48)63)43(70)59-33(45(72)60-18-5-9-34(60)44(71)56-28(8-4-17-52-46(50)51)39(66)53-23-37(49)64)24-74-73-19-16-38(65)54-30(21-26-10-12-27(61)13-11-26)41(68)57-31(42(69)55-29)20-25-6-2-1-3-7-25;1-12(24)23-16-8-6-13-10-19(27-3)21(28-4)22(29-5)20(13)14-7-9-18(26-2)17(25)11-15(14)16/h1-3,6-7,10-13,28-34,61H,4-5,8-9,14-24H2,(H2,47,62)(H2,48,63)(H2,49,64)(H,53,66)(H,54,65)(H,55,69)(H,56,71)(H,57,68)(H,58,67)(H,59,70)(H4,50,51,52);7,9-11,16H,6,8H2,1-5H3,(H,23,24)/t28-,29-,30-,31-,32-,33-,34-;16-/m00/s1. The quantitative estimate of drug-likeness (QED) is 0.0168. The number of hydrogen-bond donors (Lipinski definition) is 15. The Balaban J connectivity index is 0.000000474. The average Bonchev–Trinajstić information content (AvgIpc) is 1.71. The molecular formula is C68H89N15O18S2. The highest BCUT2D eigenvalue weighted by Crippen LogP contribution is 2.50. The molecule has 556 valence electrons. The molecule has 0 radical (unpaired) electrons. The Morgan fingerprint density at radius 3 is 1.93 bits per heavy atom. The predicted octanol–water partition coefficient (Wildman–Crippen LogP) is -1.26. The maximum atomic E-state index is 14.6. The second kappa shape index (κ2) is 40.0. The van der Waals surface area contributed by atoms with Crippen molar-refractivity contribution in [3.63, 3.8) is 0 Å². The molecule has 4 aromatic rings. The molecule has 2 fully saturated rings. The van der Waals surface area contributed by atoms with Crippen molar-refractivity contribution >= 4 is 98.4 Å². The Kier molecular flexibility index (Phi) is 31.5. The molecule has 2 heterocycles. The van der Waals surface area contributed by atoms with Crippen molar-refractivity contribution in [1.29, 1.82) is 5.41 Å². The number of rotatable bonds is 24. The summed E-state index contributed by atoms with van der Waals surface area (Å²) in [4.78, 5) is 173. The molecule has 8 atom stereocenters.